The molecule has 0 unspecified atom stereocenters. The van der Waals surface area contributed by atoms with Gasteiger partial charge < -0.3 is 14.6 Å². The van der Waals surface area contributed by atoms with Crippen LogP contribution in [0.5, 0.6) is 0 Å². The maximum atomic E-state index is 11.5. The molecule has 0 radical (unpaired) electrons. The Hall–Kier alpha value is -1.10. The third-order valence-electron chi connectivity index (χ3n) is 2.96. The van der Waals surface area contributed by atoms with Gasteiger partial charge in [-0.1, -0.05) is 0 Å². The highest BCUT2D eigenvalue weighted by molar-refractivity contribution is 5.84. The Morgan fingerprint density at radius 1 is 1.35 bits per heavy atom. The van der Waals surface area contributed by atoms with Crippen molar-refractivity contribution in [2.24, 2.45) is 0 Å². The summed E-state index contributed by atoms with van der Waals surface area (Å²) >= 11 is 0. The zero-order valence-electron chi connectivity index (χ0n) is 10.6. The lowest BCUT2D eigenvalue weighted by atomic mass is 9.84. The van der Waals surface area contributed by atoms with Crippen LogP contribution in [-0.2, 0) is 19.1 Å². The zero-order valence-corrected chi connectivity index (χ0v) is 10.6. The van der Waals surface area contributed by atoms with Gasteiger partial charge in [-0.2, -0.15) is 0 Å². The average Bonchev–Trinajstić information content (AvgIpc) is 2.15. The molecule has 0 aromatic carbocycles. The van der Waals surface area contributed by atoms with E-state index < -0.39 is 23.1 Å². The second kappa shape index (κ2) is 5.04. The fraction of sp³-hybridized carbons (Fsp3) is 0.833. The molecule has 5 heteroatoms. The average molecular weight is 244 g/mol. The molecule has 1 rings (SSSR count). The maximum Gasteiger partial charge on any atom is 0.336 e. The SMILES string of the molecule is CCOC(=O)C[C@@]1(C(=O)O)CCCC(C)(C)O1. The van der Waals surface area contributed by atoms with E-state index >= 15 is 0 Å². The Labute approximate surface area is 101 Å². The van der Waals surface area contributed by atoms with Crippen molar-refractivity contribution in [1.29, 1.82) is 0 Å². The summed E-state index contributed by atoms with van der Waals surface area (Å²) in [5.41, 5.74) is -1.93. The van der Waals surface area contributed by atoms with E-state index in [2.05, 4.69) is 0 Å². The van der Waals surface area contributed by atoms with Crippen LogP contribution in [0.15, 0.2) is 0 Å². The van der Waals surface area contributed by atoms with Crippen LogP contribution < -0.4 is 0 Å². The van der Waals surface area contributed by atoms with Crippen molar-refractivity contribution >= 4 is 11.9 Å². The number of carboxylic acids is 1. The topological polar surface area (TPSA) is 72.8 Å². The van der Waals surface area contributed by atoms with Gasteiger partial charge in [-0.3, -0.25) is 4.79 Å². The molecule has 0 spiro atoms. The number of carbonyl (C=O) groups excluding carboxylic acids is 1. The third-order valence-corrected chi connectivity index (χ3v) is 2.96. The number of aliphatic carboxylic acids is 1. The van der Waals surface area contributed by atoms with Crippen molar-refractivity contribution in [2.75, 3.05) is 6.61 Å². The second-order valence-electron chi connectivity index (χ2n) is 5.00. The lowest BCUT2D eigenvalue weighted by Crippen LogP contribution is -2.52. The summed E-state index contributed by atoms with van der Waals surface area (Å²) in [6.07, 6.45) is 1.66. The first-order valence-corrected chi connectivity index (χ1v) is 5.90. The molecule has 0 amide bonds. The van der Waals surface area contributed by atoms with Crippen molar-refractivity contribution in [3.8, 4) is 0 Å². The van der Waals surface area contributed by atoms with Gasteiger partial charge in [0.2, 0.25) is 0 Å². The summed E-state index contributed by atoms with van der Waals surface area (Å²) in [6.45, 7) is 5.62. The highest BCUT2D eigenvalue weighted by atomic mass is 16.6. The van der Waals surface area contributed by atoms with E-state index in [9.17, 15) is 14.7 Å². The summed E-state index contributed by atoms with van der Waals surface area (Å²) < 4.78 is 10.4. The minimum absolute atomic E-state index is 0.223. The molecule has 5 nitrogen and oxygen atoms in total. The van der Waals surface area contributed by atoms with Gasteiger partial charge in [0, 0.05) is 0 Å². The molecule has 0 saturated carbocycles. The fourth-order valence-corrected chi connectivity index (χ4v) is 2.23. The summed E-state index contributed by atoms with van der Waals surface area (Å²) in [6, 6.07) is 0. The minimum Gasteiger partial charge on any atom is -0.479 e. The molecule has 17 heavy (non-hydrogen) atoms. The largest absolute Gasteiger partial charge is 0.479 e. The molecule has 1 aliphatic rings. The highest BCUT2D eigenvalue weighted by Crippen LogP contribution is 2.37. The Kier molecular flexibility index (Phi) is 4.14. The first-order valence-electron chi connectivity index (χ1n) is 5.90. The molecule has 0 aromatic rings. The lowest BCUT2D eigenvalue weighted by Gasteiger charge is -2.42. The molecule has 1 aliphatic heterocycles. The molecule has 1 atom stereocenters. The molecular formula is C12H20O5. The predicted octanol–water partition coefficient (Wildman–Crippen LogP) is 1.74. The van der Waals surface area contributed by atoms with Crippen molar-refractivity contribution < 1.29 is 24.2 Å². The third kappa shape index (κ3) is 3.43. The maximum absolute atomic E-state index is 11.5. The molecule has 1 heterocycles. The Morgan fingerprint density at radius 3 is 2.47 bits per heavy atom. The Bertz CT molecular complexity index is 310. The van der Waals surface area contributed by atoms with Crippen LogP contribution in [-0.4, -0.2) is 34.9 Å². The highest BCUT2D eigenvalue weighted by Gasteiger charge is 2.48. The predicted molar refractivity (Wildman–Crippen MR) is 60.6 cm³/mol. The summed E-state index contributed by atoms with van der Waals surface area (Å²) in [5, 5.41) is 9.31. The van der Waals surface area contributed by atoms with Gasteiger partial charge in [-0.15, -0.1) is 0 Å². The molecular weight excluding hydrogens is 224 g/mol. The zero-order chi connectivity index (χ0) is 13.1. The summed E-state index contributed by atoms with van der Waals surface area (Å²) in [4.78, 5) is 22.8. The van der Waals surface area contributed by atoms with Crippen LogP contribution in [0, 0.1) is 0 Å². The van der Waals surface area contributed by atoms with Gasteiger partial charge in [0.15, 0.2) is 5.60 Å². The van der Waals surface area contributed by atoms with E-state index in [1.165, 1.54) is 0 Å². The molecule has 0 aromatic heterocycles. The fourth-order valence-electron chi connectivity index (χ4n) is 2.23. The first kappa shape index (κ1) is 14.0. The molecule has 0 aliphatic carbocycles. The van der Waals surface area contributed by atoms with Crippen molar-refractivity contribution in [2.45, 2.75) is 57.7 Å². The molecule has 98 valence electrons. The monoisotopic (exact) mass is 244 g/mol. The van der Waals surface area contributed by atoms with E-state index in [0.29, 0.717) is 6.42 Å². The van der Waals surface area contributed by atoms with Crippen molar-refractivity contribution in [3.63, 3.8) is 0 Å². The Morgan fingerprint density at radius 2 is 2.00 bits per heavy atom. The van der Waals surface area contributed by atoms with Crippen molar-refractivity contribution in [3.05, 3.63) is 0 Å². The number of ether oxygens (including phenoxy) is 2. The number of carboxylic acid groups (broad SMARTS) is 1. The molecule has 1 N–H and O–H groups in total. The second-order valence-corrected chi connectivity index (χ2v) is 5.00. The normalized spacial score (nSPS) is 27.5. The van der Waals surface area contributed by atoms with Crippen LogP contribution in [0.3, 0.4) is 0 Å². The van der Waals surface area contributed by atoms with Gasteiger partial charge in [-0.05, 0) is 40.0 Å². The van der Waals surface area contributed by atoms with Crippen LogP contribution in [0.25, 0.3) is 0 Å². The van der Waals surface area contributed by atoms with Crippen LogP contribution >= 0.6 is 0 Å². The van der Waals surface area contributed by atoms with E-state index in [0.717, 1.165) is 12.8 Å². The number of hydrogen-bond donors (Lipinski definition) is 1. The van der Waals surface area contributed by atoms with E-state index in [-0.39, 0.29) is 13.0 Å². The number of hydrogen-bond acceptors (Lipinski definition) is 4. The van der Waals surface area contributed by atoms with Gasteiger partial charge in [-0.25, -0.2) is 4.79 Å². The minimum atomic E-state index is -1.42. The summed E-state index contributed by atoms with van der Waals surface area (Å²) in [5.74, 6) is -1.61. The van der Waals surface area contributed by atoms with Crippen LogP contribution in [0.2, 0.25) is 0 Å². The van der Waals surface area contributed by atoms with Crippen LogP contribution in [0.1, 0.15) is 46.5 Å². The first-order chi connectivity index (χ1) is 7.81. The Balaban J connectivity index is 2.82. The summed E-state index contributed by atoms with van der Waals surface area (Å²) in [7, 11) is 0. The van der Waals surface area contributed by atoms with E-state index in [1.807, 2.05) is 13.8 Å². The number of rotatable bonds is 4. The number of carbonyl (C=O) groups is 2. The molecule has 1 saturated heterocycles. The quantitative estimate of drug-likeness (QED) is 0.762. The number of esters is 1. The lowest BCUT2D eigenvalue weighted by molar-refractivity contribution is -0.208. The van der Waals surface area contributed by atoms with Gasteiger partial charge in [0.1, 0.15) is 0 Å². The molecule has 0 bridgehead atoms. The van der Waals surface area contributed by atoms with Crippen LogP contribution in [0.4, 0.5) is 0 Å². The smallest absolute Gasteiger partial charge is 0.336 e. The standard InChI is InChI=1S/C12H20O5/c1-4-16-9(13)8-12(10(14)15)7-5-6-11(2,3)17-12/h4-8H2,1-3H3,(H,14,15)/t12-/m1/s1. The van der Waals surface area contributed by atoms with Gasteiger partial charge in [0.25, 0.3) is 0 Å². The van der Waals surface area contributed by atoms with Gasteiger partial charge in [0.05, 0.1) is 18.6 Å². The van der Waals surface area contributed by atoms with Crippen molar-refractivity contribution in [1.82, 2.24) is 0 Å². The molecule has 1 fully saturated rings. The van der Waals surface area contributed by atoms with Gasteiger partial charge >= 0.3 is 11.9 Å². The van der Waals surface area contributed by atoms with E-state index in [4.69, 9.17) is 9.47 Å². The van der Waals surface area contributed by atoms with E-state index in [1.54, 1.807) is 6.92 Å².